The number of rotatable bonds is 6. The van der Waals surface area contributed by atoms with Crippen LogP contribution in [-0.2, 0) is 9.53 Å². The van der Waals surface area contributed by atoms with Crippen molar-refractivity contribution in [3.8, 4) is 5.75 Å². The van der Waals surface area contributed by atoms with E-state index in [1.54, 1.807) is 0 Å². The Kier molecular flexibility index (Phi) is 6.07. The molecule has 1 heterocycles. The van der Waals surface area contributed by atoms with Crippen molar-refractivity contribution in [3.63, 3.8) is 0 Å². The van der Waals surface area contributed by atoms with Crippen LogP contribution in [0.2, 0.25) is 0 Å². The van der Waals surface area contributed by atoms with Gasteiger partial charge < -0.3 is 20.1 Å². The van der Waals surface area contributed by atoms with E-state index >= 15 is 0 Å². The summed E-state index contributed by atoms with van der Waals surface area (Å²) < 4.78 is 51.4. The van der Waals surface area contributed by atoms with Crippen molar-refractivity contribution < 1.29 is 32.2 Å². The van der Waals surface area contributed by atoms with Crippen LogP contribution in [0.15, 0.2) is 42.5 Å². The highest BCUT2D eigenvalue weighted by Crippen LogP contribution is 2.25. The van der Waals surface area contributed by atoms with Gasteiger partial charge >= 0.3 is 0 Å². The summed E-state index contributed by atoms with van der Waals surface area (Å²) >= 11 is 0. The lowest BCUT2D eigenvalue weighted by molar-refractivity contribution is -0.142. The second kappa shape index (κ2) is 8.52. The molecule has 0 saturated carbocycles. The van der Waals surface area contributed by atoms with Crippen LogP contribution >= 0.6 is 0 Å². The van der Waals surface area contributed by atoms with Gasteiger partial charge in [-0.25, -0.2) is 13.2 Å². The minimum Gasteiger partial charge on any atom is -0.490 e. The van der Waals surface area contributed by atoms with Crippen molar-refractivity contribution in [2.75, 3.05) is 26.3 Å². The Morgan fingerprint density at radius 3 is 2.34 bits per heavy atom. The smallest absolute Gasteiger partial charge is 0.254 e. The van der Waals surface area contributed by atoms with Gasteiger partial charge in [0.1, 0.15) is 35.4 Å². The van der Waals surface area contributed by atoms with Crippen LogP contribution in [0.4, 0.5) is 13.2 Å². The van der Waals surface area contributed by atoms with Gasteiger partial charge in [-0.15, -0.1) is 0 Å². The van der Waals surface area contributed by atoms with Crippen LogP contribution in [0.1, 0.15) is 16.8 Å². The topological polar surface area (TPSA) is 81.9 Å². The highest BCUT2D eigenvalue weighted by atomic mass is 19.1. The van der Waals surface area contributed by atoms with Crippen molar-refractivity contribution in [1.29, 1.82) is 0 Å². The molecule has 2 aromatic rings. The number of hydrogen-bond donors (Lipinski definition) is 1. The predicted molar refractivity (Wildman–Crippen MR) is 96.7 cm³/mol. The minimum atomic E-state index is -1.25. The van der Waals surface area contributed by atoms with Gasteiger partial charge in [0, 0.05) is 18.2 Å². The van der Waals surface area contributed by atoms with Gasteiger partial charge in [0.15, 0.2) is 0 Å². The molecule has 0 radical (unpaired) electrons. The van der Waals surface area contributed by atoms with Crippen molar-refractivity contribution >= 4 is 11.8 Å². The Hall–Kier alpha value is -3.07. The van der Waals surface area contributed by atoms with Crippen molar-refractivity contribution in [1.82, 2.24) is 4.90 Å². The van der Waals surface area contributed by atoms with Crippen molar-refractivity contribution in [3.05, 3.63) is 65.5 Å². The fourth-order valence-corrected chi connectivity index (χ4v) is 3.19. The Labute approximate surface area is 165 Å². The van der Waals surface area contributed by atoms with Crippen LogP contribution in [0.3, 0.4) is 0 Å². The number of primary amides is 1. The first kappa shape index (κ1) is 20.7. The molecule has 154 valence electrons. The van der Waals surface area contributed by atoms with E-state index in [1.807, 2.05) is 0 Å². The largest absolute Gasteiger partial charge is 0.490 e. The molecule has 2 amide bonds. The van der Waals surface area contributed by atoms with E-state index in [0.29, 0.717) is 11.8 Å². The summed E-state index contributed by atoms with van der Waals surface area (Å²) in [4.78, 5) is 25.7. The van der Waals surface area contributed by atoms with Gasteiger partial charge in [-0.05, 0) is 36.4 Å². The first-order valence-corrected chi connectivity index (χ1v) is 8.82. The quantitative estimate of drug-likeness (QED) is 0.795. The number of hydrogen-bond acceptors (Lipinski definition) is 4. The molecule has 0 aromatic heterocycles. The van der Waals surface area contributed by atoms with Gasteiger partial charge in [-0.1, -0.05) is 0 Å². The first-order chi connectivity index (χ1) is 13.8. The number of halogens is 3. The van der Waals surface area contributed by atoms with Crippen LogP contribution in [0.25, 0.3) is 0 Å². The first-order valence-electron chi connectivity index (χ1n) is 8.82. The molecule has 1 atom stereocenters. The molecule has 0 aliphatic carbocycles. The molecule has 0 spiro atoms. The maximum Gasteiger partial charge on any atom is 0.254 e. The van der Waals surface area contributed by atoms with Gasteiger partial charge in [0.25, 0.3) is 5.91 Å². The van der Waals surface area contributed by atoms with Crippen LogP contribution in [0, 0.1) is 17.5 Å². The van der Waals surface area contributed by atoms with Crippen LogP contribution < -0.4 is 10.5 Å². The molecule has 9 heteroatoms. The van der Waals surface area contributed by atoms with E-state index in [2.05, 4.69) is 0 Å². The molecular weight excluding hydrogens is 389 g/mol. The van der Waals surface area contributed by atoms with Crippen LogP contribution in [0.5, 0.6) is 5.75 Å². The lowest BCUT2D eigenvalue weighted by Crippen LogP contribution is -2.58. The number of carbonyl (C=O) groups is 2. The maximum atomic E-state index is 13.5. The summed E-state index contributed by atoms with van der Waals surface area (Å²) in [5, 5.41) is 0. The lowest BCUT2D eigenvalue weighted by Gasteiger charge is -2.42. The molecule has 3 rings (SSSR count). The van der Waals surface area contributed by atoms with E-state index in [-0.39, 0.29) is 38.3 Å². The highest BCUT2D eigenvalue weighted by Gasteiger charge is 2.41. The molecule has 1 fully saturated rings. The fourth-order valence-electron chi connectivity index (χ4n) is 3.19. The number of nitrogens with two attached hydrogens (primary N) is 1. The summed E-state index contributed by atoms with van der Waals surface area (Å²) in [5.41, 5.74) is 3.94. The fraction of sp³-hybridized carbons (Fsp3) is 0.300. The van der Waals surface area contributed by atoms with Gasteiger partial charge in [0.2, 0.25) is 5.91 Å². The Morgan fingerprint density at radius 1 is 1.07 bits per heavy atom. The van der Waals surface area contributed by atoms with Crippen LogP contribution in [-0.4, -0.2) is 48.6 Å². The zero-order valence-corrected chi connectivity index (χ0v) is 15.4. The Morgan fingerprint density at radius 2 is 1.72 bits per heavy atom. The second-order valence-electron chi connectivity index (χ2n) is 6.80. The molecule has 29 heavy (non-hydrogen) atoms. The molecule has 1 aliphatic rings. The molecule has 6 nitrogen and oxygen atoms in total. The van der Waals surface area contributed by atoms with Crippen molar-refractivity contribution in [2.24, 2.45) is 5.73 Å². The standard InChI is InChI=1S/C20H19F3N2O4/c21-14-1-3-17(4-2-14)28-12-20(10-18(24)26)11-25(5-6-29-20)19(27)13-7-15(22)9-16(23)8-13/h1-4,7-9H,5-6,10-12H2,(H2,24,26). The number of amides is 2. The Balaban J connectivity index is 1.78. The molecular formula is C20H19F3N2O4. The zero-order valence-electron chi connectivity index (χ0n) is 15.4. The number of morpholine rings is 1. The monoisotopic (exact) mass is 408 g/mol. The molecule has 1 unspecified atom stereocenters. The van der Waals surface area contributed by atoms with E-state index in [9.17, 15) is 22.8 Å². The van der Waals surface area contributed by atoms with Gasteiger partial charge in [0.05, 0.1) is 19.6 Å². The molecule has 2 N–H and O–H groups in total. The number of nitrogens with zero attached hydrogens (tertiary/aromatic N) is 1. The summed E-state index contributed by atoms with van der Waals surface area (Å²) in [6.07, 6.45) is -0.241. The summed E-state index contributed by atoms with van der Waals surface area (Å²) in [5.74, 6) is -3.11. The molecule has 1 saturated heterocycles. The van der Waals surface area contributed by atoms with E-state index in [0.717, 1.165) is 12.1 Å². The highest BCUT2D eigenvalue weighted by molar-refractivity contribution is 5.94. The minimum absolute atomic E-state index is 0.0730. The average molecular weight is 408 g/mol. The summed E-state index contributed by atoms with van der Waals surface area (Å²) in [6.45, 7) is 0.0224. The van der Waals surface area contributed by atoms with E-state index in [4.69, 9.17) is 15.2 Å². The lowest BCUT2D eigenvalue weighted by atomic mass is 9.97. The molecule has 0 bridgehead atoms. The SMILES string of the molecule is NC(=O)CC1(COc2ccc(F)cc2)CN(C(=O)c2cc(F)cc(F)c2)CCO1. The summed E-state index contributed by atoms with van der Waals surface area (Å²) in [6, 6.07) is 7.79. The third-order valence-electron chi connectivity index (χ3n) is 4.46. The zero-order chi connectivity index (χ0) is 21.0. The van der Waals surface area contributed by atoms with E-state index in [1.165, 1.54) is 29.2 Å². The number of benzene rings is 2. The number of carbonyl (C=O) groups excluding carboxylic acids is 2. The second-order valence-corrected chi connectivity index (χ2v) is 6.80. The third kappa shape index (κ3) is 5.26. The van der Waals surface area contributed by atoms with Gasteiger partial charge in [-0.3, -0.25) is 9.59 Å². The summed E-state index contributed by atoms with van der Waals surface area (Å²) in [7, 11) is 0. The normalized spacial score (nSPS) is 19.1. The number of ether oxygens (including phenoxy) is 2. The average Bonchev–Trinajstić information content (AvgIpc) is 2.66. The third-order valence-corrected chi connectivity index (χ3v) is 4.46. The maximum absolute atomic E-state index is 13.5. The van der Waals surface area contributed by atoms with Gasteiger partial charge in [-0.2, -0.15) is 0 Å². The molecule has 1 aliphatic heterocycles. The predicted octanol–water partition coefficient (Wildman–Crippen LogP) is 2.27. The van der Waals surface area contributed by atoms with Crippen molar-refractivity contribution in [2.45, 2.75) is 12.0 Å². The Bertz CT molecular complexity index is 887. The molecule has 2 aromatic carbocycles. The van der Waals surface area contributed by atoms with E-state index < -0.39 is 34.9 Å².